The second-order valence-corrected chi connectivity index (χ2v) is 7.26. The van der Waals surface area contributed by atoms with Gasteiger partial charge < -0.3 is 11.1 Å². The Bertz CT molecular complexity index is 897. The molecule has 4 rings (SSSR count). The highest BCUT2D eigenvalue weighted by molar-refractivity contribution is 7.99. The maximum Gasteiger partial charge on any atom is 0.149 e. The quantitative estimate of drug-likeness (QED) is 0.695. The Hall–Kier alpha value is -2.27. The molecule has 3 nitrogen and oxygen atoms in total. The van der Waals surface area contributed by atoms with Crippen molar-refractivity contribution in [1.29, 1.82) is 0 Å². The molecule has 0 amide bonds. The zero-order valence-corrected chi connectivity index (χ0v) is 13.9. The average Bonchev–Trinajstić information content (AvgIpc) is 2.61. The van der Waals surface area contributed by atoms with Gasteiger partial charge in [-0.1, -0.05) is 24.3 Å². The number of thioether (sulfide) groups is 1. The van der Waals surface area contributed by atoms with Gasteiger partial charge in [0.1, 0.15) is 11.6 Å². The molecular formula is C19H18FN3S. The van der Waals surface area contributed by atoms with Gasteiger partial charge in [0.25, 0.3) is 0 Å². The summed E-state index contributed by atoms with van der Waals surface area (Å²) in [4.78, 5) is 4.24. The molecule has 0 radical (unpaired) electrons. The van der Waals surface area contributed by atoms with Gasteiger partial charge in [0.2, 0.25) is 0 Å². The molecule has 2 heterocycles. The van der Waals surface area contributed by atoms with Gasteiger partial charge in [-0.3, -0.25) is 0 Å². The van der Waals surface area contributed by atoms with Crippen molar-refractivity contribution in [2.75, 3.05) is 23.3 Å². The second-order valence-electron chi connectivity index (χ2n) is 5.95. The number of anilines is 2. The molecule has 1 aliphatic heterocycles. The van der Waals surface area contributed by atoms with Gasteiger partial charge in [-0.2, -0.15) is 11.8 Å². The van der Waals surface area contributed by atoms with Gasteiger partial charge in [-0.05, 0) is 41.5 Å². The number of hydrogen-bond donors (Lipinski definition) is 2. The summed E-state index contributed by atoms with van der Waals surface area (Å²) >= 11 is 1.95. The van der Waals surface area contributed by atoms with Crippen molar-refractivity contribution in [2.45, 2.75) is 11.7 Å². The fraction of sp³-hybridized carbons (Fsp3) is 0.211. The lowest BCUT2D eigenvalue weighted by Crippen LogP contribution is -2.17. The number of aromatic nitrogens is 1. The number of nitrogens with two attached hydrogens (primary N) is 1. The number of halogens is 1. The molecule has 3 aromatic rings. The van der Waals surface area contributed by atoms with E-state index in [1.807, 2.05) is 17.8 Å². The highest BCUT2D eigenvalue weighted by atomic mass is 32.2. The molecule has 1 aromatic heterocycles. The van der Waals surface area contributed by atoms with E-state index in [-0.39, 0.29) is 5.82 Å². The average molecular weight is 339 g/mol. The first-order valence-electron chi connectivity index (χ1n) is 7.99. The molecule has 0 spiro atoms. The van der Waals surface area contributed by atoms with Crippen molar-refractivity contribution in [3.63, 3.8) is 0 Å². The number of pyridine rings is 1. The fourth-order valence-electron chi connectivity index (χ4n) is 3.20. The zero-order chi connectivity index (χ0) is 16.5. The lowest BCUT2D eigenvalue weighted by Gasteiger charge is -2.25. The lowest BCUT2D eigenvalue weighted by atomic mass is 10.0. The summed E-state index contributed by atoms with van der Waals surface area (Å²) in [6.07, 6.45) is 2.38. The number of benzene rings is 2. The van der Waals surface area contributed by atoms with Crippen molar-refractivity contribution >= 4 is 34.0 Å². The van der Waals surface area contributed by atoms with E-state index in [0.29, 0.717) is 22.1 Å². The first-order valence-corrected chi connectivity index (χ1v) is 9.04. The number of hydrogen-bond acceptors (Lipinski definition) is 4. The minimum atomic E-state index is -0.347. The van der Waals surface area contributed by atoms with Crippen molar-refractivity contribution in [1.82, 2.24) is 4.98 Å². The summed E-state index contributed by atoms with van der Waals surface area (Å²) in [6, 6.07) is 13.8. The molecule has 5 heteroatoms. The molecule has 0 aliphatic carbocycles. The van der Waals surface area contributed by atoms with E-state index >= 15 is 0 Å². The van der Waals surface area contributed by atoms with Crippen molar-refractivity contribution in [2.24, 2.45) is 0 Å². The summed E-state index contributed by atoms with van der Waals surface area (Å²) in [5.41, 5.74) is 9.14. The number of nitrogen functional groups attached to an aromatic ring is 1. The van der Waals surface area contributed by atoms with Crippen LogP contribution in [0.15, 0.2) is 48.7 Å². The predicted molar refractivity (Wildman–Crippen MR) is 99.9 cm³/mol. The molecule has 0 fully saturated rings. The van der Waals surface area contributed by atoms with E-state index in [0.717, 1.165) is 24.1 Å². The van der Waals surface area contributed by atoms with Crippen molar-refractivity contribution in [3.05, 3.63) is 65.6 Å². The molecule has 1 unspecified atom stereocenters. The normalized spacial score (nSPS) is 16.8. The number of aryl methyl sites for hydroxylation is 1. The molecular weight excluding hydrogens is 321 g/mol. The van der Waals surface area contributed by atoms with E-state index in [2.05, 4.69) is 34.6 Å². The standard InChI is InChI=1S/C19H18FN3S/c20-17-10-22-19(15-6-5-13(21)9-16(15)17)23-11-18-14-4-2-1-3-12(14)7-8-24-18/h1-6,9-10,18H,7-8,11,21H2,(H,22,23). The summed E-state index contributed by atoms with van der Waals surface area (Å²) in [5, 5.41) is 5.05. The Kier molecular flexibility index (Phi) is 4.02. The van der Waals surface area contributed by atoms with Crippen molar-refractivity contribution in [3.8, 4) is 0 Å². The smallest absolute Gasteiger partial charge is 0.149 e. The van der Waals surface area contributed by atoms with Gasteiger partial charge in [0, 0.05) is 28.3 Å². The Labute approximate surface area is 144 Å². The first kappa shape index (κ1) is 15.3. The fourth-order valence-corrected chi connectivity index (χ4v) is 4.44. The molecule has 122 valence electrons. The second kappa shape index (κ2) is 6.32. The summed E-state index contributed by atoms with van der Waals surface area (Å²) in [6.45, 7) is 0.764. The first-order chi connectivity index (χ1) is 11.7. The van der Waals surface area contributed by atoms with Crippen molar-refractivity contribution < 1.29 is 4.39 Å². The SMILES string of the molecule is Nc1ccc2c(NCC3SCCc4ccccc43)ncc(F)c2c1. The van der Waals surface area contributed by atoms with E-state index in [9.17, 15) is 4.39 Å². The summed E-state index contributed by atoms with van der Waals surface area (Å²) in [7, 11) is 0. The van der Waals surface area contributed by atoms with Crippen LogP contribution in [0.2, 0.25) is 0 Å². The third-order valence-corrected chi connectivity index (χ3v) is 5.67. The molecule has 24 heavy (non-hydrogen) atoms. The van der Waals surface area contributed by atoms with E-state index in [1.54, 1.807) is 12.1 Å². The van der Waals surface area contributed by atoms with Crippen LogP contribution in [-0.2, 0) is 6.42 Å². The monoisotopic (exact) mass is 339 g/mol. The molecule has 1 atom stereocenters. The number of nitrogens with zero attached hydrogens (tertiary/aromatic N) is 1. The van der Waals surface area contributed by atoms with Crippen LogP contribution in [0.3, 0.4) is 0 Å². The summed E-state index contributed by atoms with van der Waals surface area (Å²) < 4.78 is 14.0. The highest BCUT2D eigenvalue weighted by Crippen LogP contribution is 2.37. The van der Waals surface area contributed by atoms with E-state index < -0.39 is 0 Å². The Balaban J connectivity index is 1.61. The van der Waals surface area contributed by atoms with Gasteiger partial charge >= 0.3 is 0 Å². The van der Waals surface area contributed by atoms with Crippen LogP contribution in [0, 0.1) is 5.82 Å². The van der Waals surface area contributed by atoms with Gasteiger partial charge in [-0.25, -0.2) is 9.37 Å². The van der Waals surface area contributed by atoms with Gasteiger partial charge in [0.15, 0.2) is 0 Å². The van der Waals surface area contributed by atoms with E-state index in [1.165, 1.54) is 17.3 Å². The van der Waals surface area contributed by atoms with Crippen LogP contribution < -0.4 is 11.1 Å². The summed E-state index contributed by atoms with van der Waals surface area (Å²) in [5.74, 6) is 1.48. The predicted octanol–water partition coefficient (Wildman–Crippen LogP) is 4.40. The topological polar surface area (TPSA) is 50.9 Å². The number of rotatable bonds is 3. The number of nitrogens with one attached hydrogen (secondary N) is 1. The third kappa shape index (κ3) is 2.80. The molecule has 1 aliphatic rings. The van der Waals surface area contributed by atoms with Crippen LogP contribution in [-0.4, -0.2) is 17.3 Å². The Morgan fingerprint density at radius 2 is 2.08 bits per heavy atom. The maximum atomic E-state index is 14.0. The number of fused-ring (bicyclic) bond motifs is 2. The molecule has 0 saturated carbocycles. The van der Waals surface area contributed by atoms with Crippen LogP contribution in [0.4, 0.5) is 15.9 Å². The zero-order valence-electron chi connectivity index (χ0n) is 13.1. The lowest BCUT2D eigenvalue weighted by molar-refractivity contribution is 0.634. The molecule has 0 bridgehead atoms. The molecule has 0 saturated heterocycles. The molecule has 3 N–H and O–H groups in total. The van der Waals surface area contributed by atoms with Crippen LogP contribution in [0.5, 0.6) is 0 Å². The van der Waals surface area contributed by atoms with Crippen LogP contribution in [0.25, 0.3) is 10.8 Å². The van der Waals surface area contributed by atoms with Gasteiger partial charge in [0.05, 0.1) is 6.20 Å². The minimum absolute atomic E-state index is 0.347. The maximum absolute atomic E-state index is 14.0. The van der Waals surface area contributed by atoms with E-state index in [4.69, 9.17) is 5.73 Å². The minimum Gasteiger partial charge on any atom is -0.399 e. The van der Waals surface area contributed by atoms with Crippen LogP contribution >= 0.6 is 11.8 Å². The third-order valence-electron chi connectivity index (χ3n) is 4.41. The Morgan fingerprint density at radius 3 is 3.00 bits per heavy atom. The van der Waals surface area contributed by atoms with Crippen LogP contribution in [0.1, 0.15) is 16.4 Å². The largest absolute Gasteiger partial charge is 0.399 e. The molecule has 2 aromatic carbocycles. The highest BCUT2D eigenvalue weighted by Gasteiger charge is 2.20. The Morgan fingerprint density at radius 1 is 1.21 bits per heavy atom. The van der Waals surface area contributed by atoms with Gasteiger partial charge in [-0.15, -0.1) is 0 Å².